The Balaban J connectivity index is 1.65. The standard InChI is InChI=1S/C25H16F4N4/c26-19-9-7-16(12-21(19)28)31-25-18-8-6-14(17-4-1-5-20(27)23(17)29)11-22(18)32-24(33-25)15-3-2-10-30-13-15/h1-2,4-13,15H,3H2,(H,31,32,33). The summed E-state index contributed by atoms with van der Waals surface area (Å²) in [6, 6.07) is 12.4. The highest BCUT2D eigenvalue weighted by Gasteiger charge is 2.18. The van der Waals surface area contributed by atoms with Crippen LogP contribution in [0.15, 0.2) is 71.9 Å². The molecule has 0 aliphatic carbocycles. The van der Waals surface area contributed by atoms with Crippen LogP contribution in [-0.4, -0.2) is 16.2 Å². The van der Waals surface area contributed by atoms with E-state index < -0.39 is 23.3 Å². The zero-order valence-electron chi connectivity index (χ0n) is 17.1. The minimum Gasteiger partial charge on any atom is -0.340 e. The van der Waals surface area contributed by atoms with Crippen molar-refractivity contribution in [1.82, 2.24) is 9.97 Å². The van der Waals surface area contributed by atoms with Gasteiger partial charge in [-0.25, -0.2) is 27.5 Å². The van der Waals surface area contributed by atoms with Crippen LogP contribution in [0.5, 0.6) is 0 Å². The van der Waals surface area contributed by atoms with Gasteiger partial charge in [-0.15, -0.1) is 0 Å². The molecule has 4 aromatic rings. The van der Waals surface area contributed by atoms with E-state index >= 15 is 0 Å². The zero-order chi connectivity index (χ0) is 22.9. The van der Waals surface area contributed by atoms with Crippen molar-refractivity contribution >= 4 is 28.6 Å². The van der Waals surface area contributed by atoms with Crippen molar-refractivity contribution in [2.24, 2.45) is 4.99 Å². The normalized spacial score (nSPS) is 15.2. The minimum absolute atomic E-state index is 0.106. The van der Waals surface area contributed by atoms with E-state index in [-0.39, 0.29) is 11.5 Å². The third-order valence-electron chi connectivity index (χ3n) is 5.34. The van der Waals surface area contributed by atoms with E-state index in [1.54, 1.807) is 30.6 Å². The van der Waals surface area contributed by atoms with Gasteiger partial charge in [0.15, 0.2) is 23.3 Å². The largest absolute Gasteiger partial charge is 0.340 e. The molecule has 2 heterocycles. The van der Waals surface area contributed by atoms with Gasteiger partial charge in [0.05, 0.1) is 11.4 Å². The average Bonchev–Trinajstić information content (AvgIpc) is 2.83. The van der Waals surface area contributed by atoms with Crippen molar-refractivity contribution in [3.8, 4) is 11.1 Å². The molecule has 1 aromatic heterocycles. The van der Waals surface area contributed by atoms with Gasteiger partial charge in [0.25, 0.3) is 0 Å². The summed E-state index contributed by atoms with van der Waals surface area (Å²) in [6.45, 7) is 0. The number of fused-ring (bicyclic) bond motifs is 1. The van der Waals surface area contributed by atoms with Crippen LogP contribution in [0, 0.1) is 23.3 Å². The van der Waals surface area contributed by atoms with Gasteiger partial charge in [-0.3, -0.25) is 4.99 Å². The van der Waals surface area contributed by atoms with Gasteiger partial charge in [0, 0.05) is 35.1 Å². The first-order valence-electron chi connectivity index (χ1n) is 10.2. The van der Waals surface area contributed by atoms with Crippen LogP contribution >= 0.6 is 0 Å². The number of anilines is 2. The molecule has 0 saturated carbocycles. The molecule has 3 aromatic carbocycles. The molecule has 1 N–H and O–H groups in total. The summed E-state index contributed by atoms with van der Waals surface area (Å²) in [7, 11) is 0. The lowest BCUT2D eigenvalue weighted by Crippen LogP contribution is -2.09. The summed E-state index contributed by atoms with van der Waals surface area (Å²) in [4.78, 5) is 13.4. The molecule has 8 heteroatoms. The molecule has 0 amide bonds. The van der Waals surface area contributed by atoms with Gasteiger partial charge in [0.1, 0.15) is 11.6 Å². The fourth-order valence-corrected chi connectivity index (χ4v) is 3.67. The van der Waals surface area contributed by atoms with Crippen molar-refractivity contribution in [3.05, 3.63) is 96.0 Å². The summed E-state index contributed by atoms with van der Waals surface area (Å²) in [5.74, 6) is -3.21. The molecule has 1 unspecified atom stereocenters. The molecule has 1 atom stereocenters. The Bertz CT molecular complexity index is 1430. The Labute approximate surface area is 186 Å². The number of nitrogens with one attached hydrogen (secondary N) is 1. The van der Waals surface area contributed by atoms with Crippen molar-refractivity contribution in [2.75, 3.05) is 5.32 Å². The summed E-state index contributed by atoms with van der Waals surface area (Å²) < 4.78 is 55.2. The summed E-state index contributed by atoms with van der Waals surface area (Å²) in [6.07, 6.45) is 5.93. The summed E-state index contributed by atoms with van der Waals surface area (Å²) in [5, 5.41) is 3.60. The number of nitrogens with zero attached hydrogens (tertiary/aromatic N) is 3. The Morgan fingerprint density at radius 3 is 2.52 bits per heavy atom. The highest BCUT2D eigenvalue weighted by molar-refractivity contribution is 5.94. The molecule has 1 aliphatic rings. The number of hydrogen-bond donors (Lipinski definition) is 1. The van der Waals surface area contributed by atoms with Crippen molar-refractivity contribution in [1.29, 1.82) is 0 Å². The number of rotatable bonds is 4. The molecule has 1 aliphatic heterocycles. The van der Waals surface area contributed by atoms with Gasteiger partial charge in [-0.05, 0) is 42.3 Å². The number of aromatic nitrogens is 2. The highest BCUT2D eigenvalue weighted by atomic mass is 19.2. The Kier molecular flexibility index (Phi) is 5.34. The summed E-state index contributed by atoms with van der Waals surface area (Å²) in [5.41, 5.74) is 1.33. The van der Waals surface area contributed by atoms with Gasteiger partial charge < -0.3 is 5.32 Å². The van der Waals surface area contributed by atoms with E-state index in [2.05, 4.69) is 20.3 Å². The molecular weight excluding hydrogens is 432 g/mol. The Morgan fingerprint density at radius 2 is 1.73 bits per heavy atom. The number of halogens is 4. The minimum atomic E-state index is -0.994. The summed E-state index contributed by atoms with van der Waals surface area (Å²) >= 11 is 0. The van der Waals surface area contributed by atoms with E-state index in [9.17, 15) is 17.6 Å². The third-order valence-corrected chi connectivity index (χ3v) is 5.34. The molecule has 33 heavy (non-hydrogen) atoms. The van der Waals surface area contributed by atoms with Crippen LogP contribution in [0.2, 0.25) is 0 Å². The number of allylic oxidation sites excluding steroid dienone is 1. The fourth-order valence-electron chi connectivity index (χ4n) is 3.67. The van der Waals surface area contributed by atoms with E-state index in [0.717, 1.165) is 18.2 Å². The topological polar surface area (TPSA) is 50.2 Å². The number of benzene rings is 3. The van der Waals surface area contributed by atoms with E-state index in [0.29, 0.717) is 40.2 Å². The van der Waals surface area contributed by atoms with Gasteiger partial charge >= 0.3 is 0 Å². The molecule has 5 rings (SSSR count). The van der Waals surface area contributed by atoms with Crippen LogP contribution in [0.25, 0.3) is 22.0 Å². The fraction of sp³-hybridized carbons (Fsp3) is 0.0800. The molecule has 0 fully saturated rings. The van der Waals surface area contributed by atoms with Crippen LogP contribution in [-0.2, 0) is 0 Å². The number of aliphatic imine (C=N–C) groups is 1. The Hall–Kier alpha value is -4.07. The Morgan fingerprint density at radius 1 is 0.848 bits per heavy atom. The molecule has 164 valence electrons. The second-order valence-corrected chi connectivity index (χ2v) is 7.54. The molecule has 4 nitrogen and oxygen atoms in total. The quantitative estimate of drug-likeness (QED) is 0.355. The van der Waals surface area contributed by atoms with Crippen LogP contribution in [0.1, 0.15) is 18.2 Å². The van der Waals surface area contributed by atoms with Crippen molar-refractivity contribution in [3.63, 3.8) is 0 Å². The lowest BCUT2D eigenvalue weighted by Gasteiger charge is -2.16. The van der Waals surface area contributed by atoms with E-state index in [4.69, 9.17) is 0 Å². The van der Waals surface area contributed by atoms with Gasteiger partial charge in [-0.1, -0.05) is 24.3 Å². The SMILES string of the molecule is Fc1ccc(Nc2nc(C3C=NC=CC3)nc3cc(-c4cccc(F)c4F)ccc23)cc1F. The van der Waals surface area contributed by atoms with Crippen LogP contribution < -0.4 is 5.32 Å². The first kappa shape index (κ1) is 20.8. The third kappa shape index (κ3) is 4.07. The second-order valence-electron chi connectivity index (χ2n) is 7.54. The van der Waals surface area contributed by atoms with Crippen molar-refractivity contribution < 1.29 is 17.6 Å². The maximum Gasteiger partial charge on any atom is 0.166 e. The van der Waals surface area contributed by atoms with E-state index in [1.165, 1.54) is 18.2 Å². The van der Waals surface area contributed by atoms with Gasteiger partial charge in [0.2, 0.25) is 0 Å². The lowest BCUT2D eigenvalue weighted by atomic mass is 10.0. The smallest absolute Gasteiger partial charge is 0.166 e. The molecule has 0 saturated heterocycles. The lowest BCUT2D eigenvalue weighted by molar-refractivity contribution is 0.509. The van der Waals surface area contributed by atoms with E-state index in [1.807, 2.05) is 6.08 Å². The maximum absolute atomic E-state index is 14.4. The molecular formula is C25H16F4N4. The van der Waals surface area contributed by atoms with Crippen LogP contribution in [0.4, 0.5) is 29.1 Å². The zero-order valence-corrected chi connectivity index (χ0v) is 17.1. The first-order valence-corrected chi connectivity index (χ1v) is 10.2. The predicted octanol–water partition coefficient (Wildman–Crippen LogP) is 6.67. The predicted molar refractivity (Wildman–Crippen MR) is 120 cm³/mol. The van der Waals surface area contributed by atoms with Crippen LogP contribution in [0.3, 0.4) is 0 Å². The molecule has 0 bridgehead atoms. The maximum atomic E-state index is 14.4. The first-order chi connectivity index (χ1) is 16.0. The monoisotopic (exact) mass is 448 g/mol. The molecule has 0 spiro atoms. The molecule has 0 radical (unpaired) electrons. The average molecular weight is 448 g/mol. The second kappa shape index (κ2) is 8.46. The highest BCUT2D eigenvalue weighted by Crippen LogP contribution is 2.32. The van der Waals surface area contributed by atoms with Crippen molar-refractivity contribution in [2.45, 2.75) is 12.3 Å². The number of hydrogen-bond acceptors (Lipinski definition) is 4. The van der Waals surface area contributed by atoms with Gasteiger partial charge in [-0.2, -0.15) is 0 Å².